The molecule has 19 heavy (non-hydrogen) atoms. The molecule has 0 aromatic carbocycles. The first-order valence-electron chi connectivity index (χ1n) is 6.15. The molecular formula is C13H14N6. The Morgan fingerprint density at radius 3 is 2.95 bits per heavy atom. The zero-order valence-electron chi connectivity index (χ0n) is 10.6. The largest absolute Gasteiger partial charge is 0.367 e. The van der Waals surface area contributed by atoms with Crippen LogP contribution in [0, 0.1) is 6.92 Å². The summed E-state index contributed by atoms with van der Waals surface area (Å²) in [6.07, 6.45) is 6.24. The fourth-order valence-electron chi connectivity index (χ4n) is 1.92. The fourth-order valence-corrected chi connectivity index (χ4v) is 1.92. The van der Waals surface area contributed by atoms with E-state index in [0.29, 0.717) is 0 Å². The summed E-state index contributed by atoms with van der Waals surface area (Å²) >= 11 is 0. The molecule has 0 atom stereocenters. The van der Waals surface area contributed by atoms with Crippen LogP contribution in [0.25, 0.3) is 5.65 Å². The number of nitrogens with zero attached hydrogens (tertiary/aromatic N) is 5. The number of pyridine rings is 1. The van der Waals surface area contributed by atoms with Gasteiger partial charge in [0.05, 0.1) is 0 Å². The second-order valence-corrected chi connectivity index (χ2v) is 4.21. The number of rotatable bonds is 4. The Balaban J connectivity index is 1.72. The molecule has 1 N–H and O–H groups in total. The van der Waals surface area contributed by atoms with Crippen molar-refractivity contribution in [2.45, 2.75) is 13.3 Å². The first-order chi connectivity index (χ1) is 9.34. The lowest BCUT2D eigenvalue weighted by atomic mass is 10.3. The van der Waals surface area contributed by atoms with Crippen LogP contribution in [0.4, 0.5) is 5.82 Å². The first kappa shape index (κ1) is 11.6. The minimum atomic E-state index is 0.749. The lowest BCUT2D eigenvalue weighted by molar-refractivity contribution is 0.949. The lowest BCUT2D eigenvalue weighted by Gasteiger charge is -2.05. The first-order valence-corrected chi connectivity index (χ1v) is 6.15. The molecule has 0 amide bonds. The van der Waals surface area contributed by atoms with Gasteiger partial charge >= 0.3 is 0 Å². The molecule has 0 spiro atoms. The van der Waals surface area contributed by atoms with E-state index in [-0.39, 0.29) is 0 Å². The normalized spacial score (nSPS) is 10.8. The molecule has 0 bridgehead atoms. The van der Waals surface area contributed by atoms with Crippen LogP contribution in [0.2, 0.25) is 0 Å². The van der Waals surface area contributed by atoms with Crippen molar-refractivity contribution >= 4 is 11.5 Å². The van der Waals surface area contributed by atoms with Gasteiger partial charge in [0.25, 0.3) is 0 Å². The van der Waals surface area contributed by atoms with Crippen LogP contribution in [0.1, 0.15) is 11.5 Å². The minimum absolute atomic E-state index is 0.749. The summed E-state index contributed by atoms with van der Waals surface area (Å²) < 4.78 is 1.91. The van der Waals surface area contributed by atoms with Gasteiger partial charge in [0.1, 0.15) is 5.82 Å². The van der Waals surface area contributed by atoms with E-state index in [1.165, 1.54) is 0 Å². The molecule has 96 valence electrons. The van der Waals surface area contributed by atoms with Crippen LogP contribution in [-0.2, 0) is 6.42 Å². The summed E-state index contributed by atoms with van der Waals surface area (Å²) in [6, 6.07) is 5.91. The average Bonchev–Trinajstić information content (AvgIpc) is 2.83. The molecule has 0 fully saturated rings. The second kappa shape index (κ2) is 5.01. The molecule has 0 radical (unpaired) electrons. The molecule has 0 saturated carbocycles. The highest BCUT2D eigenvalue weighted by Crippen LogP contribution is 2.11. The highest BCUT2D eigenvalue weighted by Gasteiger charge is 2.06. The summed E-state index contributed by atoms with van der Waals surface area (Å²) in [5.41, 5.74) is 1.81. The van der Waals surface area contributed by atoms with Gasteiger partial charge in [0.2, 0.25) is 5.65 Å². The molecule has 0 saturated heterocycles. The van der Waals surface area contributed by atoms with Gasteiger partial charge in [0, 0.05) is 37.3 Å². The zero-order chi connectivity index (χ0) is 13.1. The van der Waals surface area contributed by atoms with E-state index in [1.54, 1.807) is 12.4 Å². The quantitative estimate of drug-likeness (QED) is 0.763. The number of fused-ring (bicyclic) bond motifs is 1. The van der Waals surface area contributed by atoms with Crippen molar-refractivity contribution in [2.24, 2.45) is 0 Å². The van der Waals surface area contributed by atoms with Crippen molar-refractivity contribution in [3.8, 4) is 0 Å². The highest BCUT2D eigenvalue weighted by atomic mass is 15.3. The molecule has 3 aromatic rings. The Bertz CT molecular complexity index is 676. The van der Waals surface area contributed by atoms with Gasteiger partial charge in [-0.25, -0.2) is 4.98 Å². The van der Waals surface area contributed by atoms with E-state index in [9.17, 15) is 0 Å². The predicted molar refractivity (Wildman–Crippen MR) is 71.9 cm³/mol. The molecule has 3 heterocycles. The lowest BCUT2D eigenvalue weighted by Crippen LogP contribution is -2.08. The van der Waals surface area contributed by atoms with Gasteiger partial charge in [-0.3, -0.25) is 9.38 Å². The van der Waals surface area contributed by atoms with E-state index in [1.807, 2.05) is 35.7 Å². The van der Waals surface area contributed by atoms with Crippen LogP contribution < -0.4 is 5.32 Å². The third-order valence-electron chi connectivity index (χ3n) is 2.90. The SMILES string of the molecule is Cc1nnc2c(NCCc3ccccn3)nccn12. The molecule has 0 unspecified atom stereocenters. The summed E-state index contributed by atoms with van der Waals surface area (Å²) in [6.45, 7) is 2.67. The van der Waals surface area contributed by atoms with Crippen molar-refractivity contribution in [3.05, 3.63) is 48.3 Å². The average molecular weight is 254 g/mol. The van der Waals surface area contributed by atoms with Crippen molar-refractivity contribution in [2.75, 3.05) is 11.9 Å². The van der Waals surface area contributed by atoms with Gasteiger partial charge in [-0.15, -0.1) is 10.2 Å². The molecule has 3 aromatic heterocycles. The van der Waals surface area contributed by atoms with Crippen LogP contribution >= 0.6 is 0 Å². The maximum atomic E-state index is 4.30. The Morgan fingerprint density at radius 2 is 2.11 bits per heavy atom. The Kier molecular flexibility index (Phi) is 3.06. The molecule has 6 heteroatoms. The monoisotopic (exact) mass is 254 g/mol. The molecule has 6 nitrogen and oxygen atoms in total. The van der Waals surface area contributed by atoms with Crippen LogP contribution in [0.3, 0.4) is 0 Å². The molecule has 0 aliphatic rings. The summed E-state index contributed by atoms with van der Waals surface area (Å²) in [7, 11) is 0. The predicted octanol–water partition coefficient (Wildman–Crippen LogP) is 1.48. The van der Waals surface area contributed by atoms with Gasteiger partial charge in [-0.1, -0.05) is 6.07 Å². The molecule has 3 rings (SSSR count). The number of nitrogens with one attached hydrogen (secondary N) is 1. The van der Waals surface area contributed by atoms with Crippen LogP contribution in [0.5, 0.6) is 0 Å². The number of aromatic nitrogens is 5. The number of hydrogen-bond acceptors (Lipinski definition) is 5. The van der Waals surface area contributed by atoms with Gasteiger partial charge in [-0.05, 0) is 19.1 Å². The zero-order valence-corrected chi connectivity index (χ0v) is 10.6. The smallest absolute Gasteiger partial charge is 0.203 e. The van der Waals surface area contributed by atoms with Crippen LogP contribution in [-0.4, -0.2) is 31.1 Å². The van der Waals surface area contributed by atoms with Crippen molar-refractivity contribution < 1.29 is 0 Å². The third kappa shape index (κ3) is 2.37. The Hall–Kier alpha value is -2.50. The van der Waals surface area contributed by atoms with Gasteiger partial charge in [0.15, 0.2) is 5.82 Å². The summed E-state index contributed by atoms with van der Waals surface area (Å²) in [5.74, 6) is 1.60. The van der Waals surface area contributed by atoms with E-state index in [2.05, 4.69) is 25.5 Å². The van der Waals surface area contributed by atoms with E-state index in [0.717, 1.165) is 35.9 Å². The van der Waals surface area contributed by atoms with E-state index in [4.69, 9.17) is 0 Å². The van der Waals surface area contributed by atoms with Crippen LogP contribution in [0.15, 0.2) is 36.8 Å². The Morgan fingerprint density at radius 1 is 1.16 bits per heavy atom. The molecule has 0 aliphatic carbocycles. The third-order valence-corrected chi connectivity index (χ3v) is 2.90. The second-order valence-electron chi connectivity index (χ2n) is 4.21. The van der Waals surface area contributed by atoms with Gasteiger partial charge < -0.3 is 5.32 Å². The molecular weight excluding hydrogens is 240 g/mol. The topological polar surface area (TPSA) is 68.0 Å². The number of anilines is 1. The summed E-state index contributed by atoms with van der Waals surface area (Å²) in [4.78, 5) is 8.58. The maximum Gasteiger partial charge on any atom is 0.203 e. The van der Waals surface area contributed by atoms with Gasteiger partial charge in [-0.2, -0.15) is 0 Å². The summed E-state index contributed by atoms with van der Waals surface area (Å²) in [5, 5.41) is 11.4. The Labute approximate surface area is 110 Å². The highest BCUT2D eigenvalue weighted by molar-refractivity contribution is 5.61. The fraction of sp³-hybridized carbons (Fsp3) is 0.231. The van der Waals surface area contributed by atoms with E-state index >= 15 is 0 Å². The van der Waals surface area contributed by atoms with Crippen molar-refractivity contribution in [1.82, 2.24) is 24.6 Å². The van der Waals surface area contributed by atoms with Crippen molar-refractivity contribution in [3.63, 3.8) is 0 Å². The molecule has 0 aliphatic heterocycles. The standard InChI is InChI=1S/C13H14N6/c1-10-17-18-13-12(16-8-9-19(10)13)15-7-5-11-4-2-3-6-14-11/h2-4,6,8-9H,5,7H2,1H3,(H,15,16). The van der Waals surface area contributed by atoms with E-state index < -0.39 is 0 Å². The number of hydrogen-bond donors (Lipinski definition) is 1. The number of aryl methyl sites for hydroxylation is 1. The van der Waals surface area contributed by atoms with Crippen molar-refractivity contribution in [1.29, 1.82) is 0 Å². The minimum Gasteiger partial charge on any atom is -0.367 e. The maximum absolute atomic E-state index is 4.30.